The van der Waals surface area contributed by atoms with Gasteiger partial charge in [-0.25, -0.2) is 0 Å². The van der Waals surface area contributed by atoms with Crippen LogP contribution in [-0.2, 0) is 6.54 Å². The van der Waals surface area contributed by atoms with Crippen LogP contribution in [0.1, 0.15) is 10.6 Å². The molecule has 0 spiro atoms. The third-order valence-corrected chi connectivity index (χ3v) is 5.13. The summed E-state index contributed by atoms with van der Waals surface area (Å²) in [6, 6.07) is 23.7. The van der Waals surface area contributed by atoms with Crippen molar-refractivity contribution in [3.63, 3.8) is 0 Å². The molecule has 106 valence electrons. The minimum Gasteiger partial charge on any atom is -0.178 e. The molecule has 2 heteroatoms. The summed E-state index contributed by atoms with van der Waals surface area (Å²) in [5, 5.41) is 3.78. The lowest BCUT2D eigenvalue weighted by Gasteiger charge is -2.01. The molecule has 0 aliphatic carbocycles. The molecule has 0 fully saturated rings. The Morgan fingerprint density at radius 1 is 0.909 bits per heavy atom. The van der Waals surface area contributed by atoms with Crippen molar-refractivity contribution >= 4 is 38.4 Å². The molecule has 0 bridgehead atoms. The number of nitrogens with zero attached hydrogens (tertiary/aromatic N) is 1. The number of para-hydroxylation sites is 1. The predicted octanol–water partition coefficient (Wildman–Crippen LogP) is 5.03. The van der Waals surface area contributed by atoms with Gasteiger partial charge in [-0.05, 0) is 22.9 Å². The minimum atomic E-state index is 0.871. The van der Waals surface area contributed by atoms with Crippen molar-refractivity contribution in [2.24, 2.45) is 0 Å². The maximum Gasteiger partial charge on any atom is 0.262 e. The summed E-state index contributed by atoms with van der Waals surface area (Å²) in [6.45, 7) is 4.84. The highest BCUT2D eigenvalue weighted by Crippen LogP contribution is 2.22. The van der Waals surface area contributed by atoms with E-state index < -0.39 is 0 Å². The van der Waals surface area contributed by atoms with Crippen molar-refractivity contribution < 1.29 is 4.57 Å². The van der Waals surface area contributed by atoms with Gasteiger partial charge < -0.3 is 0 Å². The lowest BCUT2D eigenvalue weighted by atomic mass is 10.1. The fraction of sp³-hybridized carbons (Fsp3) is 0.0500. The van der Waals surface area contributed by atoms with Crippen LogP contribution in [0.25, 0.3) is 27.1 Å². The molecule has 3 aromatic carbocycles. The van der Waals surface area contributed by atoms with Crippen molar-refractivity contribution in [2.45, 2.75) is 6.54 Å². The largest absolute Gasteiger partial charge is 0.262 e. The van der Waals surface area contributed by atoms with Gasteiger partial charge in [0, 0.05) is 17.7 Å². The van der Waals surface area contributed by atoms with Crippen molar-refractivity contribution in [3.05, 3.63) is 83.9 Å². The molecule has 0 atom stereocenters. The van der Waals surface area contributed by atoms with Gasteiger partial charge in [-0.1, -0.05) is 66.4 Å². The van der Waals surface area contributed by atoms with Crippen LogP contribution in [0.5, 0.6) is 0 Å². The minimum absolute atomic E-state index is 0.871. The van der Waals surface area contributed by atoms with Crippen molar-refractivity contribution in [1.29, 1.82) is 0 Å². The first-order valence-corrected chi connectivity index (χ1v) is 8.18. The number of benzene rings is 3. The van der Waals surface area contributed by atoms with Crippen LogP contribution >= 0.6 is 11.3 Å². The summed E-state index contributed by atoms with van der Waals surface area (Å²) >= 11 is 1.79. The van der Waals surface area contributed by atoms with Crippen molar-refractivity contribution in [1.82, 2.24) is 0 Å². The van der Waals surface area contributed by atoms with Crippen LogP contribution in [0.4, 0.5) is 0 Å². The zero-order valence-corrected chi connectivity index (χ0v) is 13.0. The number of rotatable bonds is 3. The third kappa shape index (κ3) is 2.22. The first-order valence-electron chi connectivity index (χ1n) is 7.36. The fourth-order valence-electron chi connectivity index (χ4n) is 2.89. The van der Waals surface area contributed by atoms with E-state index in [1.54, 1.807) is 11.3 Å². The molecule has 1 nitrogen and oxygen atoms in total. The van der Waals surface area contributed by atoms with Gasteiger partial charge in [0.05, 0.1) is 0 Å². The number of fused-ring (bicyclic) bond motifs is 2. The molecule has 0 radical (unpaired) electrons. The Balaban J connectivity index is 1.83. The highest BCUT2D eigenvalue weighted by molar-refractivity contribution is 7.18. The zero-order valence-electron chi connectivity index (χ0n) is 12.2. The van der Waals surface area contributed by atoms with E-state index in [1.807, 2.05) is 6.08 Å². The van der Waals surface area contributed by atoms with Gasteiger partial charge in [0.2, 0.25) is 5.52 Å². The van der Waals surface area contributed by atoms with Crippen molar-refractivity contribution in [3.8, 4) is 0 Å². The van der Waals surface area contributed by atoms with E-state index in [1.165, 1.54) is 31.6 Å². The Morgan fingerprint density at radius 3 is 2.55 bits per heavy atom. The Hall–Kier alpha value is -2.45. The molecule has 4 aromatic rings. The summed E-state index contributed by atoms with van der Waals surface area (Å²) in [7, 11) is 0. The molecule has 1 aromatic heterocycles. The summed E-state index contributed by atoms with van der Waals surface area (Å²) in [5.74, 6) is 0. The Kier molecular flexibility index (Phi) is 3.24. The average Bonchev–Trinajstić information content (AvgIpc) is 2.93. The standard InChI is InChI=1S/C20H16NS/c1-2-20-21(18-9-5-6-10-19(18)22-20)14-15-11-12-16-7-3-4-8-17(16)13-15/h2-13H,1,14H2/q+1. The van der Waals surface area contributed by atoms with E-state index in [2.05, 4.69) is 77.9 Å². The summed E-state index contributed by atoms with van der Waals surface area (Å²) in [6.07, 6.45) is 1.95. The summed E-state index contributed by atoms with van der Waals surface area (Å²) in [5.41, 5.74) is 2.59. The smallest absolute Gasteiger partial charge is 0.178 e. The van der Waals surface area contributed by atoms with E-state index in [9.17, 15) is 0 Å². The number of hydrogen-bond acceptors (Lipinski definition) is 1. The van der Waals surface area contributed by atoms with Gasteiger partial charge in [-0.15, -0.1) is 0 Å². The van der Waals surface area contributed by atoms with Gasteiger partial charge in [-0.2, -0.15) is 4.57 Å². The molecule has 0 unspecified atom stereocenters. The Bertz CT molecular complexity index is 981. The molecule has 1 heterocycles. The van der Waals surface area contributed by atoms with Gasteiger partial charge in [0.1, 0.15) is 4.70 Å². The molecule has 0 aliphatic rings. The quantitative estimate of drug-likeness (QED) is 0.467. The van der Waals surface area contributed by atoms with E-state index in [-0.39, 0.29) is 0 Å². The molecular formula is C20H16NS+. The van der Waals surface area contributed by atoms with Gasteiger partial charge in [0.25, 0.3) is 5.01 Å². The first-order chi connectivity index (χ1) is 10.8. The maximum atomic E-state index is 3.97. The second-order valence-corrected chi connectivity index (χ2v) is 6.44. The molecule has 0 saturated heterocycles. The molecular weight excluding hydrogens is 286 g/mol. The number of hydrogen-bond donors (Lipinski definition) is 0. The van der Waals surface area contributed by atoms with Gasteiger partial charge in [0.15, 0.2) is 6.54 Å². The maximum absolute atomic E-state index is 3.97. The molecule has 0 aliphatic heterocycles. The van der Waals surface area contributed by atoms with E-state index in [0.717, 1.165) is 6.54 Å². The highest BCUT2D eigenvalue weighted by atomic mass is 32.1. The highest BCUT2D eigenvalue weighted by Gasteiger charge is 2.18. The second-order valence-electron chi connectivity index (χ2n) is 5.38. The Morgan fingerprint density at radius 2 is 1.68 bits per heavy atom. The van der Waals surface area contributed by atoms with E-state index in [0.29, 0.717) is 0 Å². The van der Waals surface area contributed by atoms with Crippen LogP contribution < -0.4 is 4.57 Å². The second kappa shape index (κ2) is 5.39. The van der Waals surface area contributed by atoms with Crippen LogP contribution in [0.2, 0.25) is 0 Å². The van der Waals surface area contributed by atoms with Crippen LogP contribution in [-0.4, -0.2) is 0 Å². The lowest BCUT2D eigenvalue weighted by molar-refractivity contribution is -0.659. The summed E-state index contributed by atoms with van der Waals surface area (Å²) in [4.78, 5) is 0. The van der Waals surface area contributed by atoms with Gasteiger partial charge >= 0.3 is 0 Å². The first kappa shape index (κ1) is 13.2. The molecule has 22 heavy (non-hydrogen) atoms. The average molecular weight is 302 g/mol. The molecule has 0 N–H and O–H groups in total. The third-order valence-electron chi connectivity index (χ3n) is 3.97. The van der Waals surface area contributed by atoms with Gasteiger partial charge in [-0.3, -0.25) is 0 Å². The van der Waals surface area contributed by atoms with Crippen LogP contribution in [0.15, 0.2) is 73.3 Å². The topological polar surface area (TPSA) is 3.88 Å². The SMILES string of the molecule is C=Cc1sc2ccccc2[n+]1Cc1ccc2ccccc2c1. The van der Waals surface area contributed by atoms with Crippen LogP contribution in [0.3, 0.4) is 0 Å². The predicted molar refractivity (Wildman–Crippen MR) is 95.2 cm³/mol. The number of thiazole rings is 1. The van der Waals surface area contributed by atoms with Crippen molar-refractivity contribution in [2.75, 3.05) is 0 Å². The van der Waals surface area contributed by atoms with E-state index >= 15 is 0 Å². The number of aromatic nitrogens is 1. The molecule has 0 amide bonds. The fourth-order valence-corrected chi connectivity index (χ4v) is 3.90. The normalized spacial score (nSPS) is 11.1. The zero-order chi connectivity index (χ0) is 14.9. The summed E-state index contributed by atoms with van der Waals surface area (Å²) < 4.78 is 3.65. The lowest BCUT2D eigenvalue weighted by Crippen LogP contribution is -2.35. The molecule has 0 saturated carbocycles. The van der Waals surface area contributed by atoms with E-state index in [4.69, 9.17) is 0 Å². The molecule has 4 rings (SSSR count). The Labute approximate surface area is 133 Å². The monoisotopic (exact) mass is 302 g/mol. The van der Waals surface area contributed by atoms with Crippen LogP contribution in [0, 0.1) is 0 Å².